The van der Waals surface area contributed by atoms with Gasteiger partial charge in [0.15, 0.2) is 0 Å². The van der Waals surface area contributed by atoms with Crippen LogP contribution in [0.5, 0.6) is 0 Å². The second kappa shape index (κ2) is 6.25. The van der Waals surface area contributed by atoms with Gasteiger partial charge in [0.25, 0.3) is 0 Å². The number of nitrogens with zero attached hydrogens (tertiary/aromatic N) is 3. The number of aromatic nitrogens is 2. The van der Waals surface area contributed by atoms with Gasteiger partial charge in [-0.05, 0) is 36.5 Å². The molecule has 3 rings (SSSR count). The molecule has 6 heteroatoms. The Labute approximate surface area is 128 Å². The number of nitrogens with one attached hydrogen (secondary N) is 1. The van der Waals surface area contributed by atoms with Crippen LogP contribution in [-0.2, 0) is 6.42 Å². The van der Waals surface area contributed by atoms with Gasteiger partial charge >= 0.3 is 0 Å². The number of rotatable bonds is 4. The fourth-order valence-corrected chi connectivity index (χ4v) is 2.90. The van der Waals surface area contributed by atoms with E-state index in [0.717, 1.165) is 37.2 Å². The number of hydrogen-bond donors (Lipinski definition) is 1. The van der Waals surface area contributed by atoms with E-state index in [1.54, 1.807) is 19.4 Å². The Morgan fingerprint density at radius 1 is 1.23 bits per heavy atom. The highest BCUT2D eigenvalue weighted by atomic mass is 19.1. The zero-order valence-electron chi connectivity index (χ0n) is 12.4. The fourth-order valence-electron chi connectivity index (χ4n) is 2.90. The van der Waals surface area contributed by atoms with Crippen LogP contribution in [0, 0.1) is 17.6 Å². The van der Waals surface area contributed by atoms with Crippen molar-refractivity contribution in [2.45, 2.75) is 12.8 Å². The van der Waals surface area contributed by atoms with Gasteiger partial charge < -0.3 is 10.2 Å². The Hall–Kier alpha value is -2.24. The van der Waals surface area contributed by atoms with Crippen molar-refractivity contribution in [3.05, 3.63) is 47.8 Å². The van der Waals surface area contributed by atoms with E-state index in [-0.39, 0.29) is 0 Å². The van der Waals surface area contributed by atoms with Gasteiger partial charge in [-0.2, -0.15) is 0 Å². The van der Waals surface area contributed by atoms with Crippen LogP contribution in [0.2, 0.25) is 0 Å². The highest BCUT2D eigenvalue weighted by Gasteiger charge is 2.24. The summed E-state index contributed by atoms with van der Waals surface area (Å²) in [6.07, 6.45) is 5.06. The van der Waals surface area contributed by atoms with E-state index < -0.39 is 11.6 Å². The van der Waals surface area contributed by atoms with Crippen LogP contribution in [0.25, 0.3) is 0 Å². The van der Waals surface area contributed by atoms with E-state index in [1.165, 1.54) is 12.1 Å². The molecule has 1 fully saturated rings. The number of benzene rings is 1. The van der Waals surface area contributed by atoms with Gasteiger partial charge in [-0.1, -0.05) is 0 Å². The standard InChI is InChI=1S/C16H18F2N4/c1-19-15-8-20-9-16(21-15)22-3-2-11(10-22)4-12-5-13(17)7-14(18)6-12/h5-9,11H,2-4,10H2,1H3,(H,19,21). The highest BCUT2D eigenvalue weighted by Crippen LogP contribution is 2.25. The van der Waals surface area contributed by atoms with Crippen molar-refractivity contribution in [1.82, 2.24) is 9.97 Å². The molecule has 0 amide bonds. The molecule has 1 N–H and O–H groups in total. The first kappa shape index (κ1) is 14.7. The van der Waals surface area contributed by atoms with Gasteiger partial charge in [-0.25, -0.2) is 13.8 Å². The second-order valence-electron chi connectivity index (χ2n) is 5.60. The summed E-state index contributed by atoms with van der Waals surface area (Å²) in [4.78, 5) is 10.8. The van der Waals surface area contributed by atoms with Gasteiger partial charge in [0, 0.05) is 26.2 Å². The molecule has 1 unspecified atom stereocenters. The SMILES string of the molecule is CNc1cncc(N2CCC(Cc3cc(F)cc(F)c3)C2)n1. The van der Waals surface area contributed by atoms with Crippen molar-refractivity contribution in [3.63, 3.8) is 0 Å². The molecule has 2 aromatic rings. The first-order chi connectivity index (χ1) is 10.6. The predicted octanol–water partition coefficient (Wildman–Crippen LogP) is 2.87. The van der Waals surface area contributed by atoms with Gasteiger partial charge in [0.05, 0.1) is 12.4 Å². The predicted molar refractivity (Wildman–Crippen MR) is 82.0 cm³/mol. The van der Waals surface area contributed by atoms with Crippen molar-refractivity contribution < 1.29 is 8.78 Å². The van der Waals surface area contributed by atoms with Gasteiger partial charge in [-0.3, -0.25) is 4.98 Å². The summed E-state index contributed by atoms with van der Waals surface area (Å²) in [7, 11) is 1.80. The lowest BCUT2D eigenvalue weighted by atomic mass is 9.98. The van der Waals surface area contributed by atoms with Gasteiger partial charge in [0.1, 0.15) is 23.3 Å². The third kappa shape index (κ3) is 3.32. The first-order valence-electron chi connectivity index (χ1n) is 7.34. The minimum absolute atomic E-state index is 0.362. The molecule has 1 aliphatic heterocycles. The lowest BCUT2D eigenvalue weighted by Gasteiger charge is -2.17. The number of halogens is 2. The largest absolute Gasteiger partial charge is 0.372 e. The molecular weight excluding hydrogens is 286 g/mol. The zero-order valence-corrected chi connectivity index (χ0v) is 12.4. The van der Waals surface area contributed by atoms with Crippen LogP contribution in [0.4, 0.5) is 20.4 Å². The maximum Gasteiger partial charge on any atom is 0.149 e. The average molecular weight is 304 g/mol. The summed E-state index contributed by atoms with van der Waals surface area (Å²) >= 11 is 0. The van der Waals surface area contributed by atoms with Gasteiger partial charge in [-0.15, -0.1) is 0 Å². The summed E-state index contributed by atoms with van der Waals surface area (Å²) < 4.78 is 26.5. The van der Waals surface area contributed by atoms with Crippen LogP contribution in [0.3, 0.4) is 0 Å². The van der Waals surface area contributed by atoms with E-state index >= 15 is 0 Å². The van der Waals surface area contributed by atoms with Crippen LogP contribution in [0.15, 0.2) is 30.6 Å². The molecule has 2 heterocycles. The minimum Gasteiger partial charge on any atom is -0.372 e. The lowest BCUT2D eigenvalue weighted by Crippen LogP contribution is -2.21. The zero-order chi connectivity index (χ0) is 15.5. The molecule has 1 atom stereocenters. The van der Waals surface area contributed by atoms with Crippen molar-refractivity contribution in [2.24, 2.45) is 5.92 Å². The van der Waals surface area contributed by atoms with E-state index in [0.29, 0.717) is 17.9 Å². The Bertz CT molecular complexity index is 642. The molecule has 22 heavy (non-hydrogen) atoms. The summed E-state index contributed by atoms with van der Waals surface area (Å²) in [5, 5.41) is 2.97. The molecule has 0 aliphatic carbocycles. The third-order valence-corrected chi connectivity index (χ3v) is 3.93. The summed E-state index contributed by atoms with van der Waals surface area (Å²) in [6.45, 7) is 1.70. The summed E-state index contributed by atoms with van der Waals surface area (Å²) in [5.74, 6) is 0.893. The molecule has 1 saturated heterocycles. The number of anilines is 2. The molecule has 1 aromatic heterocycles. The first-order valence-corrected chi connectivity index (χ1v) is 7.34. The van der Waals surface area contributed by atoms with Crippen LogP contribution >= 0.6 is 0 Å². The maximum absolute atomic E-state index is 13.3. The Morgan fingerprint density at radius 2 is 2.00 bits per heavy atom. The van der Waals surface area contributed by atoms with Crippen LogP contribution in [0.1, 0.15) is 12.0 Å². The summed E-state index contributed by atoms with van der Waals surface area (Å²) in [6, 6.07) is 3.73. The maximum atomic E-state index is 13.3. The highest BCUT2D eigenvalue weighted by molar-refractivity contribution is 5.44. The fraction of sp³-hybridized carbons (Fsp3) is 0.375. The van der Waals surface area contributed by atoms with E-state index in [9.17, 15) is 8.78 Å². The molecule has 0 saturated carbocycles. The van der Waals surface area contributed by atoms with Crippen molar-refractivity contribution in [2.75, 3.05) is 30.4 Å². The molecule has 0 spiro atoms. The van der Waals surface area contributed by atoms with E-state index in [1.807, 2.05) is 0 Å². The Morgan fingerprint density at radius 3 is 2.73 bits per heavy atom. The smallest absolute Gasteiger partial charge is 0.149 e. The normalized spacial score (nSPS) is 17.8. The Kier molecular flexibility index (Phi) is 4.18. The average Bonchev–Trinajstić information content (AvgIpc) is 2.95. The quantitative estimate of drug-likeness (QED) is 0.943. The van der Waals surface area contributed by atoms with Crippen molar-refractivity contribution >= 4 is 11.6 Å². The summed E-state index contributed by atoms with van der Waals surface area (Å²) in [5.41, 5.74) is 0.708. The minimum atomic E-state index is -0.516. The third-order valence-electron chi connectivity index (χ3n) is 3.93. The van der Waals surface area contributed by atoms with Crippen LogP contribution in [-0.4, -0.2) is 30.1 Å². The van der Waals surface area contributed by atoms with Gasteiger partial charge in [0.2, 0.25) is 0 Å². The molecule has 0 radical (unpaired) electrons. The molecule has 116 valence electrons. The Balaban J connectivity index is 1.66. The molecule has 1 aliphatic rings. The molecule has 1 aromatic carbocycles. The van der Waals surface area contributed by atoms with Crippen LogP contribution < -0.4 is 10.2 Å². The van der Waals surface area contributed by atoms with Crippen molar-refractivity contribution in [1.29, 1.82) is 0 Å². The number of hydrogen-bond acceptors (Lipinski definition) is 4. The molecule has 0 bridgehead atoms. The molecular formula is C16H18F2N4. The van der Waals surface area contributed by atoms with E-state index in [2.05, 4.69) is 20.2 Å². The van der Waals surface area contributed by atoms with E-state index in [4.69, 9.17) is 0 Å². The van der Waals surface area contributed by atoms with Crippen molar-refractivity contribution in [3.8, 4) is 0 Å². The topological polar surface area (TPSA) is 41.1 Å². The second-order valence-corrected chi connectivity index (χ2v) is 5.60. The molecule has 4 nitrogen and oxygen atoms in total. The lowest BCUT2D eigenvalue weighted by molar-refractivity contribution is 0.558. The monoisotopic (exact) mass is 304 g/mol.